The third-order valence-electron chi connectivity index (χ3n) is 6.24. The number of hydrogen-bond donors (Lipinski definition) is 4. The van der Waals surface area contributed by atoms with Gasteiger partial charge in [-0.15, -0.1) is 0 Å². The summed E-state index contributed by atoms with van der Waals surface area (Å²) in [6, 6.07) is 4.16. The highest BCUT2D eigenvalue weighted by atomic mass is 19.4. The number of esters is 1. The van der Waals surface area contributed by atoms with Gasteiger partial charge in [0.1, 0.15) is 12.4 Å². The standard InChI is InChI=1S/C24H34F3NO6/c1-33-23(31)10-5-3-2-4-9-20-19(21(28-32)14-22(20)30)12-11-17(29)15-34-18-8-6-7-16(13-18)24(25,26)27/h2-3,6-8,13,17,19-22,28-30,32H,4-5,9-12,14-15H2,1H3/t17-,19-,20-,21?,22+/m1/s1. The second-order valence-electron chi connectivity index (χ2n) is 8.60. The molecule has 1 fully saturated rings. The number of rotatable bonds is 13. The number of benzene rings is 1. The van der Waals surface area contributed by atoms with E-state index in [9.17, 15) is 33.4 Å². The molecule has 1 aliphatic rings. The van der Waals surface area contributed by atoms with Crippen molar-refractivity contribution in [2.75, 3.05) is 13.7 Å². The van der Waals surface area contributed by atoms with Crippen molar-refractivity contribution >= 4 is 5.97 Å². The van der Waals surface area contributed by atoms with Crippen LogP contribution in [-0.4, -0.2) is 53.4 Å². The average molecular weight is 490 g/mol. The third-order valence-corrected chi connectivity index (χ3v) is 6.24. The van der Waals surface area contributed by atoms with Crippen molar-refractivity contribution < 1.29 is 42.9 Å². The first kappa shape index (κ1) is 28.1. The molecule has 7 nitrogen and oxygen atoms in total. The minimum Gasteiger partial charge on any atom is -0.491 e. The molecule has 4 N–H and O–H groups in total. The molecular weight excluding hydrogens is 455 g/mol. The van der Waals surface area contributed by atoms with Gasteiger partial charge < -0.3 is 24.9 Å². The summed E-state index contributed by atoms with van der Waals surface area (Å²) in [6.45, 7) is -0.165. The van der Waals surface area contributed by atoms with E-state index in [4.69, 9.17) is 4.74 Å². The van der Waals surface area contributed by atoms with Crippen LogP contribution in [0.2, 0.25) is 0 Å². The minimum atomic E-state index is -4.47. The molecule has 0 bridgehead atoms. The fraction of sp³-hybridized carbons (Fsp3) is 0.625. The van der Waals surface area contributed by atoms with Gasteiger partial charge in [0.05, 0.1) is 24.9 Å². The zero-order valence-electron chi connectivity index (χ0n) is 19.2. The number of ether oxygens (including phenoxy) is 2. The van der Waals surface area contributed by atoms with Crippen LogP contribution < -0.4 is 10.2 Å². The van der Waals surface area contributed by atoms with Gasteiger partial charge >= 0.3 is 12.1 Å². The lowest BCUT2D eigenvalue weighted by Gasteiger charge is -2.25. The monoisotopic (exact) mass is 489 g/mol. The molecule has 0 heterocycles. The summed E-state index contributed by atoms with van der Waals surface area (Å²) in [5, 5.41) is 30.3. The van der Waals surface area contributed by atoms with E-state index in [0.717, 1.165) is 12.1 Å². The molecule has 1 aliphatic carbocycles. The summed E-state index contributed by atoms with van der Waals surface area (Å²) < 4.78 is 48.4. The van der Waals surface area contributed by atoms with E-state index in [1.54, 1.807) is 0 Å². The first-order valence-corrected chi connectivity index (χ1v) is 11.4. The fourth-order valence-electron chi connectivity index (χ4n) is 4.41. The molecule has 0 radical (unpaired) electrons. The van der Waals surface area contributed by atoms with Crippen LogP contribution in [0.3, 0.4) is 0 Å². The SMILES string of the molecule is COC(=O)CCC=CCC[C@H]1[C@@H](O)CC(NO)[C@@H]1CC[C@@H](O)COc1cccc(C(F)(F)F)c1. The molecule has 2 rings (SSSR count). The highest BCUT2D eigenvalue weighted by molar-refractivity contribution is 5.69. The topological polar surface area (TPSA) is 108 Å². The Balaban J connectivity index is 1.82. The van der Waals surface area contributed by atoms with Gasteiger partial charge in [0.2, 0.25) is 0 Å². The zero-order chi connectivity index (χ0) is 25.1. The fourth-order valence-corrected chi connectivity index (χ4v) is 4.41. The molecule has 0 saturated heterocycles. The number of alkyl halides is 3. The number of carbonyl (C=O) groups is 1. The summed E-state index contributed by atoms with van der Waals surface area (Å²) in [6.07, 6.45) is 1.29. The minimum absolute atomic E-state index is 0.0249. The number of halogens is 3. The zero-order valence-corrected chi connectivity index (χ0v) is 19.2. The van der Waals surface area contributed by atoms with Crippen molar-refractivity contribution in [3.05, 3.63) is 42.0 Å². The molecule has 1 aromatic carbocycles. The third kappa shape index (κ3) is 8.90. The van der Waals surface area contributed by atoms with Crippen LogP contribution >= 0.6 is 0 Å². The van der Waals surface area contributed by atoms with Crippen LogP contribution in [0.5, 0.6) is 5.75 Å². The second-order valence-corrected chi connectivity index (χ2v) is 8.60. The van der Waals surface area contributed by atoms with Crippen molar-refractivity contribution in [3.63, 3.8) is 0 Å². The molecule has 0 spiro atoms. The molecule has 1 unspecified atom stereocenters. The Labute approximate surface area is 197 Å². The van der Waals surface area contributed by atoms with Gasteiger partial charge in [-0.2, -0.15) is 13.2 Å². The Morgan fingerprint density at radius 2 is 1.97 bits per heavy atom. The van der Waals surface area contributed by atoms with Gasteiger partial charge in [0.15, 0.2) is 0 Å². The molecule has 0 aliphatic heterocycles. The van der Waals surface area contributed by atoms with E-state index >= 15 is 0 Å². The van der Waals surface area contributed by atoms with Gasteiger partial charge in [-0.25, -0.2) is 5.48 Å². The maximum absolute atomic E-state index is 12.8. The second kappa shape index (κ2) is 13.7. The normalized spacial score (nSPS) is 23.9. The largest absolute Gasteiger partial charge is 0.491 e. The molecule has 0 aromatic heterocycles. The number of nitrogens with one attached hydrogen (secondary N) is 1. The Hall–Kier alpha value is -2.14. The van der Waals surface area contributed by atoms with Crippen molar-refractivity contribution in [3.8, 4) is 5.75 Å². The van der Waals surface area contributed by atoms with Crippen LogP contribution in [0.25, 0.3) is 0 Å². The molecule has 1 aromatic rings. The van der Waals surface area contributed by atoms with E-state index in [0.29, 0.717) is 44.9 Å². The quantitative estimate of drug-likeness (QED) is 0.189. The highest BCUT2D eigenvalue weighted by Gasteiger charge is 2.41. The first-order valence-electron chi connectivity index (χ1n) is 11.4. The first-order chi connectivity index (χ1) is 16.2. The number of hydroxylamine groups is 1. The van der Waals surface area contributed by atoms with Gasteiger partial charge in [0, 0.05) is 12.5 Å². The van der Waals surface area contributed by atoms with Crippen LogP contribution in [0, 0.1) is 11.8 Å². The van der Waals surface area contributed by atoms with Gasteiger partial charge in [-0.05, 0) is 68.6 Å². The maximum atomic E-state index is 12.8. The van der Waals surface area contributed by atoms with Gasteiger partial charge in [-0.1, -0.05) is 18.2 Å². The molecule has 10 heteroatoms. The molecule has 34 heavy (non-hydrogen) atoms. The van der Waals surface area contributed by atoms with E-state index < -0.39 is 23.9 Å². The smallest absolute Gasteiger partial charge is 0.416 e. The summed E-state index contributed by atoms with van der Waals surface area (Å²) in [5.41, 5.74) is 1.44. The van der Waals surface area contributed by atoms with Crippen molar-refractivity contribution in [1.82, 2.24) is 5.48 Å². The van der Waals surface area contributed by atoms with E-state index in [2.05, 4.69) is 10.2 Å². The lowest BCUT2D eigenvalue weighted by atomic mass is 9.85. The average Bonchev–Trinajstić information content (AvgIpc) is 3.12. The number of hydrogen-bond acceptors (Lipinski definition) is 7. The molecule has 1 saturated carbocycles. The molecule has 192 valence electrons. The molecule has 5 atom stereocenters. The Bertz CT molecular complexity index is 788. The molecule has 0 amide bonds. The Morgan fingerprint density at radius 1 is 1.24 bits per heavy atom. The number of allylic oxidation sites excluding steroid dienone is 2. The lowest BCUT2D eigenvalue weighted by molar-refractivity contribution is -0.140. The maximum Gasteiger partial charge on any atom is 0.416 e. The Morgan fingerprint density at radius 3 is 2.65 bits per heavy atom. The number of methoxy groups -OCH3 is 1. The predicted octanol–water partition coefficient (Wildman–Crippen LogP) is 3.86. The number of aliphatic hydroxyl groups is 2. The van der Waals surface area contributed by atoms with Crippen LogP contribution in [0.1, 0.15) is 50.5 Å². The van der Waals surface area contributed by atoms with E-state index in [1.165, 1.54) is 19.2 Å². The summed E-state index contributed by atoms with van der Waals surface area (Å²) in [5.74, 6) is -0.432. The predicted molar refractivity (Wildman–Crippen MR) is 118 cm³/mol. The summed E-state index contributed by atoms with van der Waals surface area (Å²) in [7, 11) is 1.34. The number of carbonyl (C=O) groups excluding carboxylic acids is 1. The van der Waals surface area contributed by atoms with Gasteiger partial charge in [0.25, 0.3) is 0 Å². The van der Waals surface area contributed by atoms with Crippen LogP contribution in [0.15, 0.2) is 36.4 Å². The van der Waals surface area contributed by atoms with Crippen molar-refractivity contribution in [2.45, 2.75) is 69.4 Å². The lowest BCUT2D eigenvalue weighted by Crippen LogP contribution is -2.33. The highest BCUT2D eigenvalue weighted by Crippen LogP contribution is 2.39. The van der Waals surface area contributed by atoms with Crippen LogP contribution in [0.4, 0.5) is 13.2 Å². The molecular formula is C24H34F3NO6. The summed E-state index contributed by atoms with van der Waals surface area (Å²) >= 11 is 0. The Kier molecular flexibility index (Phi) is 11.3. The summed E-state index contributed by atoms with van der Waals surface area (Å²) in [4.78, 5) is 11.1. The van der Waals surface area contributed by atoms with Crippen molar-refractivity contribution in [1.29, 1.82) is 0 Å². The van der Waals surface area contributed by atoms with Crippen LogP contribution in [-0.2, 0) is 15.7 Å². The van der Waals surface area contributed by atoms with E-state index in [-0.39, 0.29) is 36.2 Å². The number of aliphatic hydroxyl groups excluding tert-OH is 2. The van der Waals surface area contributed by atoms with Gasteiger partial charge in [-0.3, -0.25) is 4.79 Å². The van der Waals surface area contributed by atoms with Crippen molar-refractivity contribution in [2.24, 2.45) is 11.8 Å². The van der Waals surface area contributed by atoms with E-state index in [1.807, 2.05) is 12.2 Å².